The molecule has 1 aliphatic rings. The van der Waals surface area contributed by atoms with Gasteiger partial charge >= 0.3 is 0 Å². The van der Waals surface area contributed by atoms with Crippen molar-refractivity contribution in [2.24, 2.45) is 0 Å². The lowest BCUT2D eigenvalue weighted by Gasteiger charge is -2.16. The van der Waals surface area contributed by atoms with Crippen LogP contribution in [0.2, 0.25) is 0 Å². The van der Waals surface area contributed by atoms with Crippen molar-refractivity contribution < 1.29 is 17.7 Å². The zero-order valence-corrected chi connectivity index (χ0v) is 14.1. The molecule has 0 amide bonds. The van der Waals surface area contributed by atoms with Crippen molar-refractivity contribution >= 4 is 21.0 Å². The highest BCUT2D eigenvalue weighted by atomic mass is 32.2. The van der Waals surface area contributed by atoms with Crippen LogP contribution in [-0.4, -0.2) is 47.3 Å². The molecule has 1 unspecified atom stereocenters. The molecule has 1 atom stereocenters. The van der Waals surface area contributed by atoms with Crippen molar-refractivity contribution in [1.82, 2.24) is 19.7 Å². The van der Waals surface area contributed by atoms with Crippen LogP contribution < -0.4 is 4.74 Å². The number of aromatic nitrogens is 3. The third kappa shape index (κ3) is 3.33. The first-order chi connectivity index (χ1) is 12.1. The van der Waals surface area contributed by atoms with Crippen LogP contribution in [-0.2, 0) is 15.8 Å². The Morgan fingerprint density at radius 1 is 1.24 bits per heavy atom. The Morgan fingerprint density at radius 3 is 2.96 bits per heavy atom. The predicted octanol–water partition coefficient (Wildman–Crippen LogP) is 1.60. The van der Waals surface area contributed by atoms with Crippen molar-refractivity contribution in [2.45, 2.75) is 18.3 Å². The molecule has 1 fully saturated rings. The summed E-state index contributed by atoms with van der Waals surface area (Å²) < 4.78 is 37.7. The molecule has 0 spiro atoms. The standard InChI is InChI=1S/C16H16N4O4S/c21-25(22,11-14-13-4-1-2-5-15(13)24-19-14)20-9-7-12(10-20)23-16-6-3-8-17-18-16/h1-6,8,12H,7,9-11H2. The fourth-order valence-electron chi connectivity index (χ4n) is 2.87. The summed E-state index contributed by atoms with van der Waals surface area (Å²) in [5.74, 6) is 0.205. The van der Waals surface area contributed by atoms with Gasteiger partial charge in [-0.15, -0.1) is 5.10 Å². The Morgan fingerprint density at radius 2 is 2.12 bits per heavy atom. The second-order valence-corrected chi connectivity index (χ2v) is 7.80. The van der Waals surface area contributed by atoms with E-state index in [0.717, 1.165) is 5.39 Å². The smallest absolute Gasteiger partial charge is 0.233 e. The highest BCUT2D eigenvalue weighted by Crippen LogP contribution is 2.24. The van der Waals surface area contributed by atoms with Gasteiger partial charge < -0.3 is 9.26 Å². The van der Waals surface area contributed by atoms with Gasteiger partial charge in [0.15, 0.2) is 5.58 Å². The monoisotopic (exact) mass is 360 g/mol. The first kappa shape index (κ1) is 16.0. The lowest BCUT2D eigenvalue weighted by atomic mass is 10.2. The molecule has 9 heteroatoms. The van der Waals surface area contributed by atoms with Crippen molar-refractivity contribution in [3.63, 3.8) is 0 Å². The zero-order valence-electron chi connectivity index (χ0n) is 13.3. The van der Waals surface area contributed by atoms with E-state index in [1.807, 2.05) is 12.1 Å². The summed E-state index contributed by atoms with van der Waals surface area (Å²) in [6, 6.07) is 10.6. The molecule has 8 nitrogen and oxygen atoms in total. The quantitative estimate of drug-likeness (QED) is 0.681. The average molecular weight is 360 g/mol. The normalized spacial score (nSPS) is 18.6. The highest BCUT2D eigenvalue weighted by Gasteiger charge is 2.33. The van der Waals surface area contributed by atoms with E-state index in [1.165, 1.54) is 4.31 Å². The fraction of sp³-hybridized carbons (Fsp3) is 0.312. The number of nitrogens with zero attached hydrogens (tertiary/aromatic N) is 4. The molecule has 3 aromatic rings. The summed E-state index contributed by atoms with van der Waals surface area (Å²) in [6.45, 7) is 0.692. The van der Waals surface area contributed by atoms with E-state index in [-0.39, 0.29) is 18.4 Å². The van der Waals surface area contributed by atoms with Gasteiger partial charge in [-0.2, -0.15) is 9.40 Å². The number of hydrogen-bond donors (Lipinski definition) is 0. The summed E-state index contributed by atoms with van der Waals surface area (Å²) in [5, 5.41) is 12.2. The van der Waals surface area contributed by atoms with Gasteiger partial charge in [-0.1, -0.05) is 17.3 Å². The lowest BCUT2D eigenvalue weighted by Crippen LogP contribution is -2.32. The van der Waals surface area contributed by atoms with Crippen LogP contribution in [0.15, 0.2) is 47.1 Å². The second-order valence-electron chi connectivity index (χ2n) is 5.83. The summed E-state index contributed by atoms with van der Waals surface area (Å²) in [5.41, 5.74) is 1.01. The molecule has 2 aromatic heterocycles. The van der Waals surface area contributed by atoms with Gasteiger partial charge in [0.1, 0.15) is 17.6 Å². The van der Waals surface area contributed by atoms with E-state index in [1.54, 1.807) is 30.5 Å². The maximum atomic E-state index is 12.7. The van der Waals surface area contributed by atoms with E-state index in [0.29, 0.717) is 30.1 Å². The molecular weight excluding hydrogens is 344 g/mol. The molecule has 25 heavy (non-hydrogen) atoms. The van der Waals surface area contributed by atoms with E-state index in [9.17, 15) is 8.42 Å². The van der Waals surface area contributed by atoms with Crippen LogP contribution in [0.25, 0.3) is 11.0 Å². The third-order valence-corrected chi connectivity index (χ3v) is 5.86. The SMILES string of the molecule is O=S(=O)(Cc1noc2ccccc12)N1CCC(Oc2cccnn2)C1. The van der Waals surface area contributed by atoms with Crippen LogP contribution in [0, 0.1) is 0 Å². The molecule has 1 aliphatic heterocycles. The van der Waals surface area contributed by atoms with Crippen LogP contribution >= 0.6 is 0 Å². The van der Waals surface area contributed by atoms with Gasteiger partial charge in [0.2, 0.25) is 15.9 Å². The molecule has 0 saturated carbocycles. The predicted molar refractivity (Wildman–Crippen MR) is 89.3 cm³/mol. The molecule has 130 valence electrons. The Hall–Kier alpha value is -2.52. The molecule has 1 saturated heterocycles. The summed E-state index contributed by atoms with van der Waals surface area (Å²) in [7, 11) is -3.50. The Bertz CT molecular complexity index is 974. The van der Waals surface area contributed by atoms with Gasteiger partial charge in [-0.05, 0) is 24.6 Å². The van der Waals surface area contributed by atoms with Crippen molar-refractivity contribution in [3.05, 3.63) is 48.3 Å². The highest BCUT2D eigenvalue weighted by molar-refractivity contribution is 7.88. The topological polar surface area (TPSA) is 98.4 Å². The maximum Gasteiger partial charge on any atom is 0.233 e. The number of sulfonamides is 1. The number of benzene rings is 1. The summed E-state index contributed by atoms with van der Waals surface area (Å²) in [6.07, 6.45) is 1.93. The molecule has 3 heterocycles. The van der Waals surface area contributed by atoms with E-state index in [2.05, 4.69) is 15.4 Å². The van der Waals surface area contributed by atoms with Crippen LogP contribution in [0.3, 0.4) is 0 Å². The minimum Gasteiger partial charge on any atom is -0.472 e. The fourth-order valence-corrected chi connectivity index (χ4v) is 4.39. The van der Waals surface area contributed by atoms with E-state index >= 15 is 0 Å². The summed E-state index contributed by atoms with van der Waals surface area (Å²) in [4.78, 5) is 0. The number of hydrogen-bond acceptors (Lipinski definition) is 7. The van der Waals surface area contributed by atoms with Gasteiger partial charge in [-0.25, -0.2) is 8.42 Å². The first-order valence-electron chi connectivity index (χ1n) is 7.87. The van der Waals surface area contributed by atoms with Crippen LogP contribution in [0.1, 0.15) is 12.1 Å². The molecule has 0 bridgehead atoms. The maximum absolute atomic E-state index is 12.7. The van der Waals surface area contributed by atoms with Crippen molar-refractivity contribution in [2.75, 3.05) is 13.1 Å². The number of ether oxygens (including phenoxy) is 1. The zero-order chi connectivity index (χ0) is 17.3. The van der Waals surface area contributed by atoms with Crippen LogP contribution in [0.5, 0.6) is 5.88 Å². The van der Waals surface area contributed by atoms with Gasteiger partial charge in [0.25, 0.3) is 0 Å². The number of rotatable bonds is 5. The van der Waals surface area contributed by atoms with Crippen molar-refractivity contribution in [3.8, 4) is 5.88 Å². The third-order valence-electron chi connectivity index (χ3n) is 4.11. The first-order valence-corrected chi connectivity index (χ1v) is 9.48. The molecule has 0 N–H and O–H groups in total. The minimum atomic E-state index is -3.50. The number of fused-ring (bicyclic) bond motifs is 1. The van der Waals surface area contributed by atoms with E-state index < -0.39 is 10.0 Å². The number of para-hydroxylation sites is 1. The minimum absolute atomic E-state index is 0.193. The Balaban J connectivity index is 1.46. The second kappa shape index (κ2) is 6.41. The van der Waals surface area contributed by atoms with Gasteiger partial charge in [0.05, 0.1) is 6.54 Å². The molecular formula is C16H16N4O4S. The Labute approximate surface area is 144 Å². The van der Waals surface area contributed by atoms with Gasteiger partial charge in [-0.3, -0.25) is 0 Å². The van der Waals surface area contributed by atoms with Crippen molar-refractivity contribution in [1.29, 1.82) is 0 Å². The molecule has 1 aromatic carbocycles. The van der Waals surface area contributed by atoms with Gasteiger partial charge in [0, 0.05) is 24.2 Å². The molecule has 0 aliphatic carbocycles. The summed E-state index contributed by atoms with van der Waals surface area (Å²) >= 11 is 0. The molecule has 0 radical (unpaired) electrons. The Kier molecular flexibility index (Phi) is 4.10. The largest absolute Gasteiger partial charge is 0.472 e. The molecule has 4 rings (SSSR count). The van der Waals surface area contributed by atoms with E-state index in [4.69, 9.17) is 9.26 Å². The van der Waals surface area contributed by atoms with Crippen LogP contribution in [0.4, 0.5) is 0 Å². The average Bonchev–Trinajstić information content (AvgIpc) is 3.24. The lowest BCUT2D eigenvalue weighted by molar-refractivity contribution is 0.204.